The SMILES string of the molecule is C=C(Nc1cccc(-c2cn(C)c(=O)c(Nc3ccc(N4CCC(C)CC4)c(N)c3)n2)c1C)c1ccc(C(C)(C)C)cc1. The largest absolute Gasteiger partial charge is 0.397 e. The standard InChI is InChI=1S/C36H44N6O/c1-23-17-19-42(20-18-23)33-16-15-28(21-30(33)37)39-34-35(43)41(7)22-32(40-34)29-9-8-10-31(24(29)2)38-25(3)26-11-13-27(14-12-26)36(4,5)6/h8-16,21-23,38H,3,17-20,37H2,1-2,4-7H3,(H,39,40). The molecule has 4 aromatic rings. The molecule has 0 unspecified atom stereocenters. The molecule has 1 fully saturated rings. The van der Waals surface area contributed by atoms with Crippen LogP contribution in [0.4, 0.5) is 28.6 Å². The fourth-order valence-corrected chi connectivity index (χ4v) is 5.58. The molecular weight excluding hydrogens is 532 g/mol. The number of piperidine rings is 1. The topological polar surface area (TPSA) is 88.2 Å². The Morgan fingerprint density at radius 1 is 1.05 bits per heavy atom. The first-order chi connectivity index (χ1) is 20.4. The van der Waals surface area contributed by atoms with Crippen LogP contribution >= 0.6 is 0 Å². The van der Waals surface area contributed by atoms with Gasteiger partial charge < -0.3 is 25.8 Å². The van der Waals surface area contributed by atoms with Crippen LogP contribution in [-0.4, -0.2) is 22.6 Å². The summed E-state index contributed by atoms with van der Waals surface area (Å²) >= 11 is 0. The van der Waals surface area contributed by atoms with Crippen molar-refractivity contribution in [2.45, 2.75) is 52.9 Å². The first kappa shape index (κ1) is 30.0. The quantitative estimate of drug-likeness (QED) is 0.195. The normalized spacial score (nSPS) is 14.0. The number of aromatic nitrogens is 2. The zero-order valence-corrected chi connectivity index (χ0v) is 26.3. The second-order valence-electron chi connectivity index (χ2n) is 12.9. The van der Waals surface area contributed by atoms with Crippen LogP contribution in [-0.2, 0) is 12.5 Å². The summed E-state index contributed by atoms with van der Waals surface area (Å²) in [5.74, 6) is 0.998. The van der Waals surface area contributed by atoms with E-state index in [0.29, 0.717) is 11.4 Å². The Kier molecular flexibility index (Phi) is 8.36. The van der Waals surface area contributed by atoms with Gasteiger partial charge in [0, 0.05) is 49.0 Å². The molecule has 7 heteroatoms. The van der Waals surface area contributed by atoms with Gasteiger partial charge in [-0.25, -0.2) is 4.98 Å². The van der Waals surface area contributed by atoms with Crippen molar-refractivity contribution >= 4 is 34.3 Å². The molecule has 0 bridgehead atoms. The summed E-state index contributed by atoms with van der Waals surface area (Å²) in [7, 11) is 1.74. The van der Waals surface area contributed by atoms with Gasteiger partial charge in [-0.3, -0.25) is 4.79 Å². The lowest BCUT2D eigenvalue weighted by atomic mass is 9.86. The number of nitrogens with one attached hydrogen (secondary N) is 2. The molecule has 43 heavy (non-hydrogen) atoms. The van der Waals surface area contributed by atoms with E-state index in [1.54, 1.807) is 17.8 Å². The molecule has 1 aromatic heterocycles. The molecule has 0 atom stereocenters. The van der Waals surface area contributed by atoms with Gasteiger partial charge >= 0.3 is 0 Å². The van der Waals surface area contributed by atoms with Gasteiger partial charge in [0.2, 0.25) is 0 Å². The average molecular weight is 577 g/mol. The zero-order valence-electron chi connectivity index (χ0n) is 26.3. The number of anilines is 5. The highest BCUT2D eigenvalue weighted by Crippen LogP contribution is 2.33. The van der Waals surface area contributed by atoms with Crippen molar-refractivity contribution in [3.05, 3.63) is 100 Å². The van der Waals surface area contributed by atoms with Gasteiger partial charge in [0.1, 0.15) is 0 Å². The molecule has 5 rings (SSSR count). The van der Waals surface area contributed by atoms with Crippen molar-refractivity contribution in [2.24, 2.45) is 13.0 Å². The van der Waals surface area contributed by atoms with Gasteiger partial charge in [-0.2, -0.15) is 0 Å². The first-order valence-corrected chi connectivity index (χ1v) is 15.1. The molecule has 2 heterocycles. The number of aryl methyl sites for hydroxylation is 1. The number of benzene rings is 3. The molecule has 0 amide bonds. The fourth-order valence-electron chi connectivity index (χ4n) is 5.58. The third-order valence-corrected chi connectivity index (χ3v) is 8.48. The van der Waals surface area contributed by atoms with Crippen LogP contribution in [0.15, 0.2) is 78.2 Å². The van der Waals surface area contributed by atoms with Gasteiger partial charge in [-0.1, -0.05) is 70.7 Å². The number of nitrogens with two attached hydrogens (primary N) is 1. The van der Waals surface area contributed by atoms with Crippen LogP contribution in [0.25, 0.3) is 17.0 Å². The van der Waals surface area contributed by atoms with E-state index in [1.165, 1.54) is 18.4 Å². The lowest BCUT2D eigenvalue weighted by Crippen LogP contribution is -2.33. The Hall–Kier alpha value is -4.52. The predicted molar refractivity (Wildman–Crippen MR) is 182 cm³/mol. The number of hydrogen-bond acceptors (Lipinski definition) is 6. The fraction of sp³-hybridized carbons (Fsp3) is 0.333. The van der Waals surface area contributed by atoms with Crippen molar-refractivity contribution in [3.8, 4) is 11.3 Å². The summed E-state index contributed by atoms with van der Waals surface area (Å²) in [4.78, 5) is 20.2. The van der Waals surface area contributed by atoms with E-state index in [4.69, 9.17) is 10.7 Å². The third kappa shape index (κ3) is 6.61. The second kappa shape index (κ2) is 12.0. The van der Waals surface area contributed by atoms with E-state index in [-0.39, 0.29) is 16.8 Å². The Balaban J connectivity index is 1.38. The van der Waals surface area contributed by atoms with Crippen molar-refractivity contribution in [1.29, 1.82) is 0 Å². The lowest BCUT2D eigenvalue weighted by molar-refractivity contribution is 0.439. The Labute approximate surface area is 255 Å². The zero-order chi connectivity index (χ0) is 30.9. The van der Waals surface area contributed by atoms with E-state index in [1.807, 2.05) is 43.3 Å². The van der Waals surface area contributed by atoms with Gasteiger partial charge in [-0.05, 0) is 72.1 Å². The van der Waals surface area contributed by atoms with Crippen LogP contribution in [0.3, 0.4) is 0 Å². The molecule has 4 N–H and O–H groups in total. The molecule has 0 radical (unpaired) electrons. The Morgan fingerprint density at radius 2 is 1.74 bits per heavy atom. The maximum atomic E-state index is 13.1. The van der Waals surface area contributed by atoms with Crippen molar-refractivity contribution in [2.75, 3.05) is 34.4 Å². The minimum absolute atomic E-state index is 0.0940. The van der Waals surface area contributed by atoms with Crippen LogP contribution < -0.4 is 26.8 Å². The summed E-state index contributed by atoms with van der Waals surface area (Å²) in [6.07, 6.45) is 4.11. The number of hydrogen-bond donors (Lipinski definition) is 3. The molecular formula is C36H44N6O. The van der Waals surface area contributed by atoms with Crippen LogP contribution in [0, 0.1) is 12.8 Å². The van der Waals surface area contributed by atoms with Crippen LogP contribution in [0.1, 0.15) is 57.2 Å². The average Bonchev–Trinajstić information content (AvgIpc) is 2.97. The highest BCUT2D eigenvalue weighted by atomic mass is 16.1. The van der Waals surface area contributed by atoms with Crippen molar-refractivity contribution in [3.63, 3.8) is 0 Å². The smallest absolute Gasteiger partial charge is 0.293 e. The number of rotatable bonds is 7. The van der Waals surface area contributed by atoms with Crippen molar-refractivity contribution in [1.82, 2.24) is 9.55 Å². The summed E-state index contributed by atoms with van der Waals surface area (Å²) in [6, 6.07) is 20.4. The number of nitrogen functional groups attached to an aromatic ring is 1. The highest BCUT2D eigenvalue weighted by Gasteiger charge is 2.19. The molecule has 0 saturated carbocycles. The molecule has 1 aliphatic rings. The van der Waals surface area contributed by atoms with E-state index in [9.17, 15) is 4.79 Å². The summed E-state index contributed by atoms with van der Waals surface area (Å²) in [6.45, 7) is 17.3. The monoisotopic (exact) mass is 576 g/mol. The molecule has 1 aliphatic heterocycles. The lowest BCUT2D eigenvalue weighted by Gasteiger charge is -2.33. The number of nitrogens with zero attached hydrogens (tertiary/aromatic N) is 3. The van der Waals surface area contributed by atoms with Gasteiger partial charge in [0.15, 0.2) is 5.82 Å². The first-order valence-electron chi connectivity index (χ1n) is 15.1. The molecule has 3 aromatic carbocycles. The van der Waals surface area contributed by atoms with Gasteiger partial charge in [0.05, 0.1) is 17.1 Å². The third-order valence-electron chi connectivity index (χ3n) is 8.48. The van der Waals surface area contributed by atoms with Crippen molar-refractivity contribution < 1.29 is 0 Å². The van der Waals surface area contributed by atoms with Crippen LogP contribution in [0.2, 0.25) is 0 Å². The van der Waals surface area contributed by atoms with Gasteiger partial charge in [0.25, 0.3) is 5.56 Å². The molecule has 0 spiro atoms. The Bertz CT molecular complexity index is 1690. The Morgan fingerprint density at radius 3 is 2.40 bits per heavy atom. The van der Waals surface area contributed by atoms with E-state index >= 15 is 0 Å². The van der Waals surface area contributed by atoms with E-state index < -0.39 is 0 Å². The minimum Gasteiger partial charge on any atom is -0.397 e. The predicted octanol–water partition coefficient (Wildman–Crippen LogP) is 7.70. The maximum absolute atomic E-state index is 13.1. The van der Waals surface area contributed by atoms with E-state index in [0.717, 1.165) is 58.5 Å². The molecule has 1 saturated heterocycles. The van der Waals surface area contributed by atoms with Gasteiger partial charge in [-0.15, -0.1) is 0 Å². The highest BCUT2D eigenvalue weighted by molar-refractivity contribution is 5.81. The summed E-state index contributed by atoms with van der Waals surface area (Å²) in [5, 5.41) is 6.72. The minimum atomic E-state index is -0.213. The summed E-state index contributed by atoms with van der Waals surface area (Å²) in [5.41, 5.74) is 15.5. The molecule has 224 valence electrons. The molecule has 7 nitrogen and oxygen atoms in total. The second-order valence-corrected chi connectivity index (χ2v) is 12.9. The van der Waals surface area contributed by atoms with Crippen LogP contribution in [0.5, 0.6) is 0 Å². The molecule has 0 aliphatic carbocycles. The summed E-state index contributed by atoms with van der Waals surface area (Å²) < 4.78 is 1.56. The maximum Gasteiger partial charge on any atom is 0.293 e. The van der Waals surface area contributed by atoms with E-state index in [2.05, 4.69) is 74.1 Å².